The van der Waals surface area contributed by atoms with Crippen molar-refractivity contribution in [3.05, 3.63) is 29.8 Å². The molecule has 1 N–H and O–H groups in total. The number of ether oxygens (including phenoxy) is 1. The minimum Gasteiger partial charge on any atom is -0.379 e. The third-order valence-electron chi connectivity index (χ3n) is 4.02. The maximum Gasteiger partial charge on any atom is 0.234 e. The number of para-hydroxylation sites is 1. The fraction of sp³-hybridized carbons (Fsp3) is 0.533. The number of fused-ring (bicyclic) bond motifs is 1. The molecule has 1 amide bonds. The summed E-state index contributed by atoms with van der Waals surface area (Å²) in [4.78, 5) is 14.6. The Morgan fingerprint density at radius 1 is 1.42 bits per heavy atom. The quantitative estimate of drug-likeness (QED) is 0.888. The minimum absolute atomic E-state index is 0.0499. The minimum atomic E-state index is -0.0499. The third kappa shape index (κ3) is 2.26. The first-order valence-electron chi connectivity index (χ1n) is 7.01. The highest BCUT2D eigenvalue weighted by Crippen LogP contribution is 2.30. The second-order valence-electron chi connectivity index (χ2n) is 5.18. The fourth-order valence-electron chi connectivity index (χ4n) is 3.03. The maximum atomic E-state index is 12.7. The molecule has 1 fully saturated rings. The van der Waals surface area contributed by atoms with E-state index in [0.29, 0.717) is 13.2 Å². The van der Waals surface area contributed by atoms with Crippen molar-refractivity contribution in [2.24, 2.45) is 5.92 Å². The molecular formula is C15H20N2O2. The number of anilines is 1. The number of nitrogens with zero attached hydrogens (tertiary/aromatic N) is 1. The van der Waals surface area contributed by atoms with Gasteiger partial charge in [-0.25, -0.2) is 0 Å². The first kappa shape index (κ1) is 12.6. The predicted octanol–water partition coefficient (Wildman–Crippen LogP) is 1.20. The molecule has 0 saturated carbocycles. The average molecular weight is 260 g/mol. The molecule has 0 bridgehead atoms. The molecule has 0 aliphatic carbocycles. The van der Waals surface area contributed by atoms with Gasteiger partial charge in [0.2, 0.25) is 5.91 Å². The van der Waals surface area contributed by atoms with Crippen molar-refractivity contribution in [2.75, 3.05) is 31.2 Å². The summed E-state index contributed by atoms with van der Waals surface area (Å²) in [7, 11) is 0. The number of benzene rings is 1. The summed E-state index contributed by atoms with van der Waals surface area (Å²) in [6.45, 7) is 4.90. The van der Waals surface area contributed by atoms with Crippen molar-refractivity contribution in [1.29, 1.82) is 0 Å². The van der Waals surface area contributed by atoms with Crippen LogP contribution in [-0.4, -0.2) is 38.3 Å². The number of hydrogen-bond acceptors (Lipinski definition) is 3. The molecule has 4 heteroatoms. The van der Waals surface area contributed by atoms with Gasteiger partial charge in [-0.2, -0.15) is 0 Å². The van der Waals surface area contributed by atoms with Gasteiger partial charge in [0.05, 0.1) is 19.1 Å². The van der Waals surface area contributed by atoms with Gasteiger partial charge in [-0.3, -0.25) is 4.79 Å². The molecule has 0 radical (unpaired) electrons. The topological polar surface area (TPSA) is 41.6 Å². The Hall–Kier alpha value is -1.39. The van der Waals surface area contributed by atoms with E-state index < -0.39 is 0 Å². The number of amides is 1. The van der Waals surface area contributed by atoms with Gasteiger partial charge in [-0.1, -0.05) is 25.1 Å². The van der Waals surface area contributed by atoms with E-state index in [1.54, 1.807) is 0 Å². The number of hydrogen-bond donors (Lipinski definition) is 1. The van der Waals surface area contributed by atoms with Gasteiger partial charge in [0.15, 0.2) is 0 Å². The molecule has 2 aliphatic rings. The molecule has 0 spiro atoms. The summed E-state index contributed by atoms with van der Waals surface area (Å²) >= 11 is 0. The van der Waals surface area contributed by atoms with Crippen LogP contribution < -0.4 is 10.2 Å². The Balaban J connectivity index is 1.78. The largest absolute Gasteiger partial charge is 0.379 e. The highest BCUT2D eigenvalue weighted by atomic mass is 16.5. The molecule has 3 rings (SSSR count). The zero-order valence-corrected chi connectivity index (χ0v) is 11.3. The molecule has 1 aromatic carbocycles. The normalized spacial score (nSPS) is 25.6. The highest BCUT2D eigenvalue weighted by molar-refractivity contribution is 5.97. The van der Waals surface area contributed by atoms with E-state index in [1.165, 1.54) is 5.56 Å². The monoisotopic (exact) mass is 260 g/mol. The highest BCUT2D eigenvalue weighted by Gasteiger charge is 2.38. The van der Waals surface area contributed by atoms with E-state index in [4.69, 9.17) is 4.74 Å². The van der Waals surface area contributed by atoms with Crippen LogP contribution >= 0.6 is 0 Å². The first-order valence-corrected chi connectivity index (χ1v) is 7.01. The van der Waals surface area contributed by atoms with Crippen molar-refractivity contribution in [3.63, 3.8) is 0 Å². The van der Waals surface area contributed by atoms with Crippen LogP contribution in [-0.2, 0) is 16.0 Å². The second kappa shape index (κ2) is 5.31. The summed E-state index contributed by atoms with van der Waals surface area (Å²) in [6.07, 6.45) is 0.960. The smallest absolute Gasteiger partial charge is 0.234 e. The van der Waals surface area contributed by atoms with Crippen molar-refractivity contribution < 1.29 is 9.53 Å². The van der Waals surface area contributed by atoms with Crippen LogP contribution in [0.15, 0.2) is 24.3 Å². The Morgan fingerprint density at radius 3 is 3.11 bits per heavy atom. The van der Waals surface area contributed by atoms with Gasteiger partial charge >= 0.3 is 0 Å². The molecule has 102 valence electrons. The van der Waals surface area contributed by atoms with Gasteiger partial charge < -0.3 is 15.0 Å². The Labute approximate surface area is 113 Å². The molecule has 2 heterocycles. The molecule has 2 aliphatic heterocycles. The summed E-state index contributed by atoms with van der Waals surface area (Å²) in [5, 5.41) is 3.35. The molecule has 2 atom stereocenters. The van der Waals surface area contributed by atoms with Crippen LogP contribution in [0.4, 0.5) is 5.69 Å². The number of nitrogens with one attached hydrogen (secondary N) is 1. The first-order chi connectivity index (χ1) is 9.31. The summed E-state index contributed by atoms with van der Waals surface area (Å²) in [5.74, 6) is 0.152. The van der Waals surface area contributed by atoms with Gasteiger partial charge in [0.1, 0.15) is 0 Å². The van der Waals surface area contributed by atoms with E-state index in [0.717, 1.165) is 25.2 Å². The zero-order chi connectivity index (χ0) is 13.2. The second-order valence-corrected chi connectivity index (χ2v) is 5.18. The number of likely N-dealkylation sites (N-methyl/N-ethyl adjacent to an activating group) is 1. The lowest BCUT2D eigenvalue weighted by molar-refractivity contribution is -0.122. The van der Waals surface area contributed by atoms with E-state index >= 15 is 0 Å². The van der Waals surface area contributed by atoms with E-state index in [9.17, 15) is 4.79 Å². The predicted molar refractivity (Wildman–Crippen MR) is 74.3 cm³/mol. The Kier molecular flexibility index (Phi) is 3.53. The van der Waals surface area contributed by atoms with Gasteiger partial charge in [-0.05, 0) is 24.6 Å². The van der Waals surface area contributed by atoms with Crippen LogP contribution in [0.1, 0.15) is 12.5 Å². The molecule has 1 aromatic rings. The Bertz CT molecular complexity index is 475. The lowest BCUT2D eigenvalue weighted by Gasteiger charge is -2.24. The zero-order valence-electron chi connectivity index (χ0n) is 11.3. The molecule has 19 heavy (non-hydrogen) atoms. The van der Waals surface area contributed by atoms with Gasteiger partial charge in [0.25, 0.3) is 0 Å². The standard InChI is InChI=1S/C15H20N2O2/c1-2-16-13-10-19-9-12(13)15(18)17-8-7-11-5-3-4-6-14(11)17/h3-6,12-13,16H,2,7-10H2,1H3. The van der Waals surface area contributed by atoms with Gasteiger partial charge in [-0.15, -0.1) is 0 Å². The maximum absolute atomic E-state index is 12.7. The summed E-state index contributed by atoms with van der Waals surface area (Å²) in [5.41, 5.74) is 2.35. The van der Waals surface area contributed by atoms with Crippen LogP contribution in [0.3, 0.4) is 0 Å². The molecule has 0 aromatic heterocycles. The van der Waals surface area contributed by atoms with Crippen molar-refractivity contribution in [3.8, 4) is 0 Å². The number of rotatable bonds is 3. The molecular weight excluding hydrogens is 240 g/mol. The van der Waals surface area contributed by atoms with Crippen molar-refractivity contribution >= 4 is 11.6 Å². The van der Waals surface area contributed by atoms with Crippen LogP contribution in [0.2, 0.25) is 0 Å². The lowest BCUT2D eigenvalue weighted by atomic mass is 10.0. The fourth-order valence-corrected chi connectivity index (χ4v) is 3.03. The average Bonchev–Trinajstić information content (AvgIpc) is 3.04. The van der Waals surface area contributed by atoms with E-state index in [-0.39, 0.29) is 17.9 Å². The summed E-state index contributed by atoms with van der Waals surface area (Å²) < 4.78 is 5.48. The van der Waals surface area contributed by atoms with E-state index in [1.807, 2.05) is 23.1 Å². The SMILES string of the molecule is CCNC1COCC1C(=O)N1CCc2ccccc21. The molecule has 1 saturated heterocycles. The lowest BCUT2D eigenvalue weighted by Crippen LogP contribution is -2.45. The molecule has 2 unspecified atom stereocenters. The van der Waals surface area contributed by atoms with Crippen molar-refractivity contribution in [1.82, 2.24) is 5.32 Å². The Morgan fingerprint density at radius 2 is 2.26 bits per heavy atom. The molecule has 4 nitrogen and oxygen atoms in total. The van der Waals surface area contributed by atoms with Crippen LogP contribution in [0.5, 0.6) is 0 Å². The van der Waals surface area contributed by atoms with Gasteiger partial charge in [0, 0.05) is 18.3 Å². The van der Waals surface area contributed by atoms with Crippen LogP contribution in [0, 0.1) is 5.92 Å². The number of carbonyl (C=O) groups excluding carboxylic acids is 1. The van der Waals surface area contributed by atoms with E-state index in [2.05, 4.69) is 18.3 Å². The van der Waals surface area contributed by atoms with Crippen molar-refractivity contribution in [2.45, 2.75) is 19.4 Å². The van der Waals surface area contributed by atoms with Crippen LogP contribution in [0.25, 0.3) is 0 Å². The third-order valence-corrected chi connectivity index (χ3v) is 4.02. The number of carbonyl (C=O) groups is 1. The summed E-state index contributed by atoms with van der Waals surface area (Å²) in [6, 6.07) is 8.34.